The Morgan fingerprint density at radius 3 is 2.33 bits per heavy atom. The molecule has 2 heteroatoms. The van der Waals surface area contributed by atoms with Gasteiger partial charge in [0.05, 0.1) is 4.95 Å². The van der Waals surface area contributed by atoms with Crippen LogP contribution in [0.3, 0.4) is 0 Å². The van der Waals surface area contributed by atoms with Crippen LogP contribution in [0.15, 0.2) is 42.5 Å². The first-order valence-corrected chi connectivity index (χ1v) is 5.89. The molecular formula is C13H14BrN. The molecule has 2 aromatic carbocycles. The van der Waals surface area contributed by atoms with Gasteiger partial charge in [0.1, 0.15) is 0 Å². The highest BCUT2D eigenvalue weighted by Gasteiger charge is 2.09. The standard InChI is InChI=1S/C13H14BrN/c1-15(2)13(14)12-8-7-10-5-3-4-6-11(10)9-12/h3-9,13H,1-2H3. The number of rotatable bonds is 2. The predicted molar refractivity (Wildman–Crippen MR) is 69.3 cm³/mol. The van der Waals surface area contributed by atoms with Gasteiger partial charge in [0, 0.05) is 0 Å². The fourth-order valence-electron chi connectivity index (χ4n) is 1.65. The van der Waals surface area contributed by atoms with Gasteiger partial charge >= 0.3 is 0 Å². The quantitative estimate of drug-likeness (QED) is 0.589. The third kappa shape index (κ3) is 2.21. The fourth-order valence-corrected chi connectivity index (χ4v) is 1.94. The second-order valence-electron chi connectivity index (χ2n) is 3.91. The van der Waals surface area contributed by atoms with Crippen molar-refractivity contribution in [2.24, 2.45) is 0 Å². The average Bonchev–Trinajstić information content (AvgIpc) is 2.27. The summed E-state index contributed by atoms with van der Waals surface area (Å²) in [5.41, 5.74) is 1.29. The van der Waals surface area contributed by atoms with E-state index in [0.717, 1.165) is 0 Å². The third-order valence-electron chi connectivity index (χ3n) is 2.50. The van der Waals surface area contributed by atoms with E-state index >= 15 is 0 Å². The van der Waals surface area contributed by atoms with Crippen molar-refractivity contribution >= 4 is 26.7 Å². The molecule has 2 rings (SSSR count). The molecule has 1 atom stereocenters. The summed E-state index contributed by atoms with van der Waals surface area (Å²) in [5.74, 6) is 0. The number of hydrogen-bond donors (Lipinski definition) is 0. The lowest BCUT2D eigenvalue weighted by atomic mass is 10.1. The van der Waals surface area contributed by atoms with Crippen molar-refractivity contribution in [3.63, 3.8) is 0 Å². The molecule has 0 aliphatic rings. The summed E-state index contributed by atoms with van der Waals surface area (Å²) in [7, 11) is 4.13. The van der Waals surface area contributed by atoms with Gasteiger partial charge in [-0.15, -0.1) is 0 Å². The summed E-state index contributed by atoms with van der Waals surface area (Å²) in [6.45, 7) is 0. The molecule has 0 aliphatic heterocycles. The molecule has 78 valence electrons. The molecule has 0 aliphatic carbocycles. The first-order chi connectivity index (χ1) is 7.18. The van der Waals surface area contributed by atoms with Crippen LogP contribution in [-0.4, -0.2) is 19.0 Å². The van der Waals surface area contributed by atoms with Gasteiger partial charge in [0.15, 0.2) is 0 Å². The van der Waals surface area contributed by atoms with E-state index in [0.29, 0.717) is 0 Å². The van der Waals surface area contributed by atoms with Crippen LogP contribution < -0.4 is 0 Å². The molecule has 0 saturated heterocycles. The normalized spacial score (nSPS) is 13.3. The predicted octanol–water partition coefficient (Wildman–Crippen LogP) is 3.79. The lowest BCUT2D eigenvalue weighted by Crippen LogP contribution is -2.14. The van der Waals surface area contributed by atoms with Crippen molar-refractivity contribution in [3.8, 4) is 0 Å². The van der Waals surface area contributed by atoms with E-state index in [-0.39, 0.29) is 4.95 Å². The van der Waals surface area contributed by atoms with Crippen LogP contribution in [0.5, 0.6) is 0 Å². The highest BCUT2D eigenvalue weighted by molar-refractivity contribution is 9.09. The lowest BCUT2D eigenvalue weighted by molar-refractivity contribution is 0.398. The van der Waals surface area contributed by atoms with Crippen molar-refractivity contribution in [3.05, 3.63) is 48.0 Å². The molecule has 0 saturated carbocycles. The molecule has 0 heterocycles. The Kier molecular flexibility index (Phi) is 3.08. The molecule has 0 radical (unpaired) electrons. The van der Waals surface area contributed by atoms with E-state index in [1.54, 1.807) is 0 Å². The molecule has 1 unspecified atom stereocenters. The molecule has 0 bridgehead atoms. The average molecular weight is 264 g/mol. The molecule has 0 fully saturated rings. The minimum Gasteiger partial charge on any atom is -0.293 e. The molecule has 15 heavy (non-hydrogen) atoms. The van der Waals surface area contributed by atoms with Crippen molar-refractivity contribution in [1.82, 2.24) is 4.90 Å². The molecule has 0 N–H and O–H groups in total. The molecule has 0 amide bonds. The largest absolute Gasteiger partial charge is 0.293 e. The van der Waals surface area contributed by atoms with Gasteiger partial charge in [-0.1, -0.05) is 52.3 Å². The van der Waals surface area contributed by atoms with Crippen molar-refractivity contribution in [1.29, 1.82) is 0 Å². The van der Waals surface area contributed by atoms with Crippen molar-refractivity contribution < 1.29 is 0 Å². The summed E-state index contributed by atoms with van der Waals surface area (Å²) in [4.78, 5) is 2.42. The molecule has 1 nitrogen and oxygen atoms in total. The molecular weight excluding hydrogens is 250 g/mol. The molecule has 2 aromatic rings. The smallest absolute Gasteiger partial charge is 0.0906 e. The second kappa shape index (κ2) is 4.33. The topological polar surface area (TPSA) is 3.24 Å². The number of benzene rings is 2. The van der Waals surface area contributed by atoms with Gasteiger partial charge in [-0.3, -0.25) is 4.90 Å². The van der Waals surface area contributed by atoms with E-state index in [4.69, 9.17) is 0 Å². The van der Waals surface area contributed by atoms with E-state index < -0.39 is 0 Å². The highest BCUT2D eigenvalue weighted by Crippen LogP contribution is 2.27. The zero-order valence-electron chi connectivity index (χ0n) is 8.94. The summed E-state index contributed by atoms with van der Waals surface area (Å²) in [6.07, 6.45) is 0. The number of hydrogen-bond acceptors (Lipinski definition) is 1. The van der Waals surface area contributed by atoms with Gasteiger partial charge in [0.2, 0.25) is 0 Å². The Labute approximate surface area is 98.8 Å². The summed E-state index contributed by atoms with van der Waals surface area (Å²) in [5, 5.41) is 2.58. The van der Waals surface area contributed by atoms with Gasteiger partial charge in [0.25, 0.3) is 0 Å². The Morgan fingerprint density at radius 2 is 1.67 bits per heavy atom. The van der Waals surface area contributed by atoms with Crippen molar-refractivity contribution in [2.75, 3.05) is 14.1 Å². The Balaban J connectivity index is 2.47. The van der Waals surface area contributed by atoms with Crippen LogP contribution in [0.4, 0.5) is 0 Å². The second-order valence-corrected chi connectivity index (χ2v) is 4.77. The Hall–Kier alpha value is -0.860. The van der Waals surface area contributed by atoms with E-state index in [2.05, 4.69) is 77.4 Å². The minimum absolute atomic E-state index is 0.280. The Morgan fingerprint density at radius 1 is 1.00 bits per heavy atom. The SMILES string of the molecule is CN(C)C(Br)c1ccc2ccccc2c1. The highest BCUT2D eigenvalue weighted by atomic mass is 79.9. The maximum absolute atomic E-state index is 3.66. The van der Waals surface area contributed by atoms with E-state index in [1.807, 2.05) is 0 Å². The van der Waals surface area contributed by atoms with Gasteiger partial charge in [-0.2, -0.15) is 0 Å². The van der Waals surface area contributed by atoms with E-state index in [9.17, 15) is 0 Å². The van der Waals surface area contributed by atoms with Crippen molar-refractivity contribution in [2.45, 2.75) is 4.95 Å². The van der Waals surface area contributed by atoms with Gasteiger partial charge < -0.3 is 0 Å². The number of alkyl halides is 1. The van der Waals surface area contributed by atoms with Crippen LogP contribution in [0.2, 0.25) is 0 Å². The maximum Gasteiger partial charge on any atom is 0.0906 e. The zero-order valence-corrected chi connectivity index (χ0v) is 10.5. The number of fused-ring (bicyclic) bond motifs is 1. The molecule has 0 spiro atoms. The third-order valence-corrected chi connectivity index (χ3v) is 3.85. The first kappa shape index (κ1) is 10.7. The van der Waals surface area contributed by atoms with Crippen LogP contribution in [-0.2, 0) is 0 Å². The monoisotopic (exact) mass is 263 g/mol. The van der Waals surface area contributed by atoms with Gasteiger partial charge in [-0.05, 0) is 36.5 Å². The lowest BCUT2D eigenvalue weighted by Gasteiger charge is -2.18. The minimum atomic E-state index is 0.280. The number of nitrogens with zero attached hydrogens (tertiary/aromatic N) is 1. The summed E-state index contributed by atoms with van der Waals surface area (Å²) in [6, 6.07) is 15.0. The van der Waals surface area contributed by atoms with Crippen LogP contribution in [0.25, 0.3) is 10.8 Å². The van der Waals surface area contributed by atoms with Crippen LogP contribution in [0.1, 0.15) is 10.5 Å². The van der Waals surface area contributed by atoms with Gasteiger partial charge in [-0.25, -0.2) is 0 Å². The zero-order chi connectivity index (χ0) is 10.8. The number of halogens is 1. The van der Waals surface area contributed by atoms with E-state index in [1.165, 1.54) is 16.3 Å². The fraction of sp³-hybridized carbons (Fsp3) is 0.231. The maximum atomic E-state index is 3.66. The first-order valence-electron chi connectivity index (χ1n) is 4.97. The summed E-state index contributed by atoms with van der Waals surface area (Å²) >= 11 is 3.66. The summed E-state index contributed by atoms with van der Waals surface area (Å²) < 4.78 is 0. The van der Waals surface area contributed by atoms with Crippen LogP contribution >= 0.6 is 15.9 Å². The van der Waals surface area contributed by atoms with Crippen LogP contribution in [0, 0.1) is 0 Å². The molecule has 0 aromatic heterocycles. The Bertz CT molecular complexity index is 465.